The van der Waals surface area contributed by atoms with E-state index in [-0.39, 0.29) is 11.7 Å². The molecule has 114 valence electrons. The molecule has 0 bridgehead atoms. The molecule has 3 nitrogen and oxygen atoms in total. The smallest absolute Gasteiger partial charge is 0.168 e. The number of H-pyrrole nitrogens is 1. The third-order valence-corrected chi connectivity index (χ3v) is 4.37. The Morgan fingerprint density at radius 2 is 2.09 bits per heavy atom. The Morgan fingerprint density at radius 1 is 1.32 bits per heavy atom. The first-order valence-corrected chi connectivity index (χ1v) is 7.83. The number of aromatic amines is 1. The molecule has 22 heavy (non-hydrogen) atoms. The van der Waals surface area contributed by atoms with E-state index < -0.39 is 5.82 Å². The van der Waals surface area contributed by atoms with Crippen LogP contribution >= 0.6 is 27.5 Å². The van der Waals surface area contributed by atoms with Gasteiger partial charge in [0.1, 0.15) is 5.65 Å². The van der Waals surface area contributed by atoms with E-state index >= 15 is 0 Å². The highest BCUT2D eigenvalue weighted by Gasteiger charge is 2.20. The monoisotopic (exact) mass is 382 g/mol. The number of nitrogens with zero attached hydrogens (tertiary/aromatic N) is 1. The van der Waals surface area contributed by atoms with Crippen molar-refractivity contribution in [2.45, 2.75) is 12.8 Å². The minimum absolute atomic E-state index is 0.147. The van der Waals surface area contributed by atoms with Crippen LogP contribution in [0.15, 0.2) is 35.1 Å². The molecule has 0 radical (unpaired) electrons. The summed E-state index contributed by atoms with van der Waals surface area (Å²) in [6.45, 7) is 1.93. The van der Waals surface area contributed by atoms with Crippen molar-refractivity contribution >= 4 is 38.6 Å². The molecule has 0 aliphatic carbocycles. The lowest BCUT2D eigenvalue weighted by Gasteiger charge is -2.15. The van der Waals surface area contributed by atoms with Crippen LogP contribution in [0.2, 0.25) is 5.02 Å². The van der Waals surface area contributed by atoms with Gasteiger partial charge in [-0.25, -0.2) is 9.37 Å². The molecule has 0 fully saturated rings. The van der Waals surface area contributed by atoms with E-state index in [4.69, 9.17) is 16.3 Å². The summed E-state index contributed by atoms with van der Waals surface area (Å²) in [6, 6.07) is 5.07. The van der Waals surface area contributed by atoms with Crippen molar-refractivity contribution in [3.63, 3.8) is 0 Å². The molecule has 3 rings (SSSR count). The molecule has 0 aliphatic heterocycles. The molecule has 1 N–H and O–H groups in total. The van der Waals surface area contributed by atoms with E-state index in [1.54, 1.807) is 12.3 Å². The van der Waals surface area contributed by atoms with Gasteiger partial charge in [-0.3, -0.25) is 0 Å². The summed E-state index contributed by atoms with van der Waals surface area (Å²) in [4.78, 5) is 7.41. The van der Waals surface area contributed by atoms with Gasteiger partial charge in [0.05, 0.1) is 7.11 Å². The second kappa shape index (κ2) is 5.89. The van der Waals surface area contributed by atoms with Gasteiger partial charge in [0.15, 0.2) is 11.6 Å². The van der Waals surface area contributed by atoms with Gasteiger partial charge < -0.3 is 9.72 Å². The van der Waals surface area contributed by atoms with Gasteiger partial charge in [-0.05, 0) is 33.6 Å². The Bertz CT molecular complexity index is 850. The third-order valence-electron chi connectivity index (χ3n) is 3.71. The molecule has 6 heteroatoms. The fourth-order valence-electron chi connectivity index (χ4n) is 2.57. The SMILES string of the molecule is COc1cc(Cl)cc(C(C)c2c[nH]c3ncc(Br)cc23)c1F. The van der Waals surface area contributed by atoms with Crippen LogP contribution in [0.3, 0.4) is 0 Å². The van der Waals surface area contributed by atoms with Gasteiger partial charge >= 0.3 is 0 Å². The molecule has 0 saturated carbocycles. The number of ether oxygens (including phenoxy) is 1. The van der Waals surface area contributed by atoms with Gasteiger partial charge in [0.2, 0.25) is 0 Å². The number of fused-ring (bicyclic) bond motifs is 1. The fraction of sp³-hybridized carbons (Fsp3) is 0.188. The van der Waals surface area contributed by atoms with Crippen molar-refractivity contribution in [2.75, 3.05) is 7.11 Å². The number of hydrogen-bond acceptors (Lipinski definition) is 2. The average Bonchev–Trinajstić information content (AvgIpc) is 2.91. The van der Waals surface area contributed by atoms with Crippen LogP contribution in [0.5, 0.6) is 5.75 Å². The highest BCUT2D eigenvalue weighted by Crippen LogP contribution is 2.36. The first kappa shape index (κ1) is 15.3. The van der Waals surface area contributed by atoms with Crippen molar-refractivity contribution in [1.82, 2.24) is 9.97 Å². The summed E-state index contributed by atoms with van der Waals surface area (Å²) in [7, 11) is 1.43. The fourth-order valence-corrected chi connectivity index (χ4v) is 3.12. The van der Waals surface area contributed by atoms with Crippen molar-refractivity contribution in [3.8, 4) is 5.75 Å². The van der Waals surface area contributed by atoms with Crippen LogP contribution in [-0.2, 0) is 0 Å². The minimum Gasteiger partial charge on any atom is -0.494 e. The van der Waals surface area contributed by atoms with E-state index in [0.717, 1.165) is 21.1 Å². The standard InChI is InChI=1S/C16H13BrClFN2O/c1-8(11-4-10(18)5-14(22-2)15(11)19)13-7-21-16-12(13)3-9(17)6-20-16/h3-8H,1-2H3,(H,20,21). The molecule has 1 aromatic carbocycles. The normalized spacial score (nSPS) is 12.6. The number of methoxy groups -OCH3 is 1. The Kier molecular flexibility index (Phi) is 4.10. The summed E-state index contributed by atoms with van der Waals surface area (Å²) in [5.41, 5.74) is 2.21. The first-order chi connectivity index (χ1) is 10.5. The zero-order valence-electron chi connectivity index (χ0n) is 12.0. The number of benzene rings is 1. The van der Waals surface area contributed by atoms with Crippen molar-refractivity contribution in [1.29, 1.82) is 0 Å². The number of halogens is 3. The number of aromatic nitrogens is 2. The van der Waals surface area contributed by atoms with E-state index in [0.29, 0.717) is 10.6 Å². The van der Waals surface area contributed by atoms with E-state index in [9.17, 15) is 4.39 Å². The lowest BCUT2D eigenvalue weighted by Crippen LogP contribution is -2.01. The molecule has 0 aliphatic rings. The van der Waals surface area contributed by atoms with Crippen molar-refractivity contribution in [3.05, 3.63) is 57.0 Å². The summed E-state index contributed by atoms with van der Waals surface area (Å²) < 4.78 is 20.5. The summed E-state index contributed by atoms with van der Waals surface area (Å²) >= 11 is 9.49. The van der Waals surface area contributed by atoms with E-state index in [1.807, 2.05) is 19.2 Å². The lowest BCUT2D eigenvalue weighted by atomic mass is 9.92. The van der Waals surface area contributed by atoms with Crippen LogP contribution in [0.4, 0.5) is 4.39 Å². The minimum atomic E-state index is -0.392. The predicted molar refractivity (Wildman–Crippen MR) is 89.3 cm³/mol. The largest absolute Gasteiger partial charge is 0.494 e. The van der Waals surface area contributed by atoms with E-state index in [1.165, 1.54) is 13.2 Å². The molecule has 2 heterocycles. The zero-order valence-corrected chi connectivity index (χ0v) is 14.3. The maximum atomic E-state index is 14.6. The summed E-state index contributed by atoms with van der Waals surface area (Å²) in [5.74, 6) is -0.442. The summed E-state index contributed by atoms with van der Waals surface area (Å²) in [6.07, 6.45) is 3.57. The molecule has 0 amide bonds. The van der Waals surface area contributed by atoms with Gasteiger partial charge in [0.25, 0.3) is 0 Å². The van der Waals surface area contributed by atoms with Crippen molar-refractivity contribution in [2.24, 2.45) is 0 Å². The second-order valence-corrected chi connectivity index (χ2v) is 6.38. The molecular weight excluding hydrogens is 371 g/mol. The maximum Gasteiger partial charge on any atom is 0.168 e. The van der Waals surface area contributed by atoms with Gasteiger partial charge in [-0.1, -0.05) is 18.5 Å². The van der Waals surface area contributed by atoms with Crippen LogP contribution in [0.1, 0.15) is 24.0 Å². The Balaban J connectivity index is 2.15. The third kappa shape index (κ3) is 2.59. The van der Waals surface area contributed by atoms with Crippen LogP contribution in [0, 0.1) is 5.82 Å². The van der Waals surface area contributed by atoms with Crippen molar-refractivity contribution < 1.29 is 9.13 Å². The van der Waals surface area contributed by atoms with Crippen LogP contribution in [-0.4, -0.2) is 17.1 Å². The maximum absolute atomic E-state index is 14.6. The number of pyridine rings is 1. The quantitative estimate of drug-likeness (QED) is 0.668. The lowest BCUT2D eigenvalue weighted by molar-refractivity contribution is 0.383. The highest BCUT2D eigenvalue weighted by atomic mass is 79.9. The van der Waals surface area contributed by atoms with E-state index in [2.05, 4.69) is 25.9 Å². The Morgan fingerprint density at radius 3 is 2.82 bits per heavy atom. The van der Waals surface area contributed by atoms with Gasteiger partial charge in [0, 0.05) is 44.8 Å². The Hall–Kier alpha value is -1.59. The van der Waals surface area contributed by atoms with Gasteiger partial charge in [-0.2, -0.15) is 0 Å². The number of rotatable bonds is 3. The van der Waals surface area contributed by atoms with Crippen LogP contribution < -0.4 is 4.74 Å². The molecule has 1 atom stereocenters. The topological polar surface area (TPSA) is 37.9 Å². The molecule has 0 spiro atoms. The number of nitrogens with one attached hydrogen (secondary N) is 1. The molecule has 2 aromatic heterocycles. The molecule has 0 saturated heterocycles. The molecule has 1 unspecified atom stereocenters. The molecule has 3 aromatic rings. The molecular formula is C16H13BrClFN2O. The second-order valence-electron chi connectivity index (χ2n) is 5.03. The predicted octanol–water partition coefficient (Wildman–Crippen LogP) is 5.28. The Labute approximate surface area is 140 Å². The number of hydrogen-bond donors (Lipinski definition) is 1. The van der Waals surface area contributed by atoms with Crippen LogP contribution in [0.25, 0.3) is 11.0 Å². The van der Waals surface area contributed by atoms with Gasteiger partial charge in [-0.15, -0.1) is 0 Å². The summed E-state index contributed by atoms with van der Waals surface area (Å²) in [5, 5.41) is 1.39. The zero-order chi connectivity index (χ0) is 15.9. The first-order valence-electron chi connectivity index (χ1n) is 6.66. The average molecular weight is 384 g/mol. The highest BCUT2D eigenvalue weighted by molar-refractivity contribution is 9.10.